The maximum atomic E-state index is 12.3. The fraction of sp³-hybridized carbons (Fsp3) is 0.797. The van der Waals surface area contributed by atoms with Crippen molar-refractivity contribution in [1.82, 2.24) is 0 Å². The second-order valence-corrected chi connectivity index (χ2v) is 21.8. The van der Waals surface area contributed by atoms with Crippen LogP contribution in [0.4, 0.5) is 0 Å². The highest BCUT2D eigenvalue weighted by molar-refractivity contribution is 5.70. The zero-order valence-corrected chi connectivity index (χ0v) is 49.4. The summed E-state index contributed by atoms with van der Waals surface area (Å²) >= 11 is 0. The van der Waals surface area contributed by atoms with Crippen molar-refractivity contribution in [2.75, 3.05) is 13.2 Å². The van der Waals surface area contributed by atoms with E-state index in [-0.39, 0.29) is 25.2 Å². The molecule has 0 aromatic carbocycles. The first-order valence-corrected chi connectivity index (χ1v) is 32.5. The summed E-state index contributed by atoms with van der Waals surface area (Å²) in [5.74, 6) is -0.575. The Bertz CT molecular complexity index is 1310. The standard InChI is InChI=1S/C69H124O5/c1-3-5-7-9-11-13-15-17-19-21-23-25-27-29-31-33-34-36-37-39-41-43-45-47-49-51-53-55-57-59-61-63-68(71)73-66-67(65-70)74-69(72)64-62-60-58-56-54-52-50-48-46-44-42-40-38-35-32-30-28-26-24-22-20-18-16-14-12-10-8-6-4-2/h6,8,12,14-15,17-18,20-21,23-24,26,67,70H,3-5,7,9-11,13,16,19,22,25,27-66H2,1-2H3/b8-6-,14-12-,17-15-,20-18-,23-21-,26-24-. The van der Waals surface area contributed by atoms with Gasteiger partial charge in [-0.15, -0.1) is 0 Å². The van der Waals surface area contributed by atoms with Gasteiger partial charge in [-0.05, 0) is 83.5 Å². The van der Waals surface area contributed by atoms with Gasteiger partial charge in [-0.25, -0.2) is 0 Å². The molecule has 5 heteroatoms. The molecular formula is C69H124O5. The Morgan fingerprint density at radius 1 is 0.324 bits per heavy atom. The Hall–Kier alpha value is -2.66. The molecule has 0 saturated carbocycles. The van der Waals surface area contributed by atoms with E-state index in [1.54, 1.807) is 0 Å². The van der Waals surface area contributed by atoms with E-state index in [1.807, 2.05) is 0 Å². The second-order valence-electron chi connectivity index (χ2n) is 21.8. The van der Waals surface area contributed by atoms with Crippen molar-refractivity contribution in [3.63, 3.8) is 0 Å². The van der Waals surface area contributed by atoms with E-state index in [0.29, 0.717) is 12.8 Å². The Balaban J connectivity index is 3.43. The fourth-order valence-electron chi connectivity index (χ4n) is 9.64. The fourth-order valence-corrected chi connectivity index (χ4v) is 9.64. The molecule has 0 aromatic rings. The molecule has 0 fully saturated rings. The molecule has 0 heterocycles. The lowest BCUT2D eigenvalue weighted by atomic mass is 10.0. The molecule has 1 unspecified atom stereocenters. The van der Waals surface area contributed by atoms with Crippen LogP contribution in [0.25, 0.3) is 0 Å². The maximum absolute atomic E-state index is 12.3. The average molecular weight is 1030 g/mol. The number of rotatable bonds is 60. The molecule has 0 aromatic heterocycles. The van der Waals surface area contributed by atoms with Crippen LogP contribution in [0.2, 0.25) is 0 Å². The van der Waals surface area contributed by atoms with Gasteiger partial charge in [-0.2, -0.15) is 0 Å². The average Bonchev–Trinajstić information content (AvgIpc) is 3.40. The summed E-state index contributed by atoms with van der Waals surface area (Å²) in [6.45, 7) is 4.06. The van der Waals surface area contributed by atoms with Gasteiger partial charge in [-0.1, -0.05) is 311 Å². The van der Waals surface area contributed by atoms with E-state index in [1.165, 1.54) is 238 Å². The number of unbranched alkanes of at least 4 members (excludes halogenated alkanes) is 40. The van der Waals surface area contributed by atoms with E-state index in [2.05, 4.69) is 86.8 Å². The molecule has 0 bridgehead atoms. The van der Waals surface area contributed by atoms with Crippen LogP contribution in [0.5, 0.6) is 0 Å². The topological polar surface area (TPSA) is 72.8 Å². The number of hydrogen-bond acceptors (Lipinski definition) is 5. The van der Waals surface area contributed by atoms with Gasteiger partial charge in [0.25, 0.3) is 0 Å². The van der Waals surface area contributed by atoms with E-state index in [0.717, 1.165) is 70.6 Å². The van der Waals surface area contributed by atoms with Crippen LogP contribution in [0, 0.1) is 0 Å². The summed E-state index contributed by atoms with van der Waals surface area (Å²) in [6, 6.07) is 0. The molecule has 0 amide bonds. The zero-order valence-electron chi connectivity index (χ0n) is 49.4. The van der Waals surface area contributed by atoms with Gasteiger partial charge in [0.2, 0.25) is 0 Å². The van der Waals surface area contributed by atoms with Crippen LogP contribution in [0.15, 0.2) is 72.9 Å². The van der Waals surface area contributed by atoms with Crippen molar-refractivity contribution in [3.8, 4) is 0 Å². The molecule has 0 aliphatic carbocycles. The number of carbonyl (C=O) groups is 2. The smallest absolute Gasteiger partial charge is 0.306 e. The Morgan fingerprint density at radius 2 is 0.581 bits per heavy atom. The van der Waals surface area contributed by atoms with E-state index in [9.17, 15) is 14.7 Å². The molecule has 1 atom stereocenters. The number of hydrogen-bond donors (Lipinski definition) is 1. The lowest BCUT2D eigenvalue weighted by molar-refractivity contribution is -0.161. The molecule has 0 radical (unpaired) electrons. The first kappa shape index (κ1) is 71.3. The van der Waals surface area contributed by atoms with E-state index >= 15 is 0 Å². The minimum atomic E-state index is -0.774. The SMILES string of the molecule is CC/C=C\C/C=C\C/C=C\C/C=C\CCCCCCCCCCCCCCCCCCC(=O)OC(CO)COC(=O)CCCCCCCCCCCCCCCCCCCCC/C=C\C/C=C\CCCCCCC. The van der Waals surface area contributed by atoms with Crippen molar-refractivity contribution >= 4 is 11.9 Å². The molecule has 0 aliphatic rings. The van der Waals surface area contributed by atoms with Gasteiger partial charge < -0.3 is 14.6 Å². The predicted octanol–water partition coefficient (Wildman–Crippen LogP) is 22.3. The molecule has 0 aliphatic heterocycles. The highest BCUT2D eigenvalue weighted by atomic mass is 16.6. The summed E-state index contributed by atoms with van der Waals surface area (Å²) in [5.41, 5.74) is 0. The normalized spacial score (nSPS) is 12.6. The van der Waals surface area contributed by atoms with Crippen molar-refractivity contribution in [1.29, 1.82) is 0 Å². The van der Waals surface area contributed by atoms with Crippen molar-refractivity contribution in [2.24, 2.45) is 0 Å². The zero-order chi connectivity index (χ0) is 53.4. The lowest BCUT2D eigenvalue weighted by Crippen LogP contribution is -2.28. The van der Waals surface area contributed by atoms with Crippen LogP contribution in [-0.4, -0.2) is 36.4 Å². The molecule has 0 spiro atoms. The van der Waals surface area contributed by atoms with Crippen LogP contribution in [0.3, 0.4) is 0 Å². The number of allylic oxidation sites excluding steroid dienone is 12. The third kappa shape index (κ3) is 61.9. The van der Waals surface area contributed by atoms with Gasteiger partial charge >= 0.3 is 11.9 Å². The summed E-state index contributed by atoms with van der Waals surface area (Å²) in [5, 5.41) is 9.69. The number of carbonyl (C=O) groups excluding carboxylic acids is 2. The molecule has 1 N–H and O–H groups in total. The van der Waals surface area contributed by atoms with Crippen LogP contribution in [-0.2, 0) is 19.1 Å². The quantitative estimate of drug-likeness (QED) is 0.0373. The summed E-state index contributed by atoms with van der Waals surface area (Å²) in [7, 11) is 0. The molecule has 0 saturated heterocycles. The van der Waals surface area contributed by atoms with Gasteiger partial charge in [0.05, 0.1) is 6.61 Å². The first-order chi connectivity index (χ1) is 36.6. The molecule has 430 valence electrons. The predicted molar refractivity (Wildman–Crippen MR) is 325 cm³/mol. The van der Waals surface area contributed by atoms with Crippen molar-refractivity contribution in [3.05, 3.63) is 72.9 Å². The first-order valence-electron chi connectivity index (χ1n) is 32.5. The van der Waals surface area contributed by atoms with Crippen molar-refractivity contribution in [2.45, 2.75) is 341 Å². The largest absolute Gasteiger partial charge is 0.462 e. The summed E-state index contributed by atoms with van der Waals surface area (Å²) in [6.07, 6.45) is 89.1. The van der Waals surface area contributed by atoms with Gasteiger partial charge in [0.1, 0.15) is 6.61 Å². The van der Waals surface area contributed by atoms with Crippen LogP contribution < -0.4 is 0 Å². The minimum absolute atomic E-state index is 0.0634. The van der Waals surface area contributed by atoms with Gasteiger partial charge in [-0.3, -0.25) is 9.59 Å². The number of aliphatic hydroxyl groups is 1. The number of aliphatic hydroxyl groups excluding tert-OH is 1. The van der Waals surface area contributed by atoms with Crippen LogP contribution in [0.1, 0.15) is 335 Å². The molecular weight excluding hydrogens is 909 g/mol. The highest BCUT2D eigenvalue weighted by Crippen LogP contribution is 2.18. The summed E-state index contributed by atoms with van der Waals surface area (Å²) in [4.78, 5) is 24.6. The Labute approximate surface area is 461 Å². The molecule has 5 nitrogen and oxygen atoms in total. The number of esters is 2. The Morgan fingerprint density at radius 3 is 0.878 bits per heavy atom. The lowest BCUT2D eigenvalue weighted by Gasteiger charge is -2.15. The van der Waals surface area contributed by atoms with E-state index in [4.69, 9.17) is 9.47 Å². The van der Waals surface area contributed by atoms with Gasteiger partial charge in [0.15, 0.2) is 6.10 Å². The van der Waals surface area contributed by atoms with Gasteiger partial charge in [0, 0.05) is 12.8 Å². The third-order valence-electron chi connectivity index (χ3n) is 14.5. The Kier molecular flexibility index (Phi) is 62.3. The molecule has 74 heavy (non-hydrogen) atoms. The monoisotopic (exact) mass is 1030 g/mol. The molecule has 0 rings (SSSR count). The number of ether oxygens (including phenoxy) is 2. The third-order valence-corrected chi connectivity index (χ3v) is 14.5. The van der Waals surface area contributed by atoms with Crippen molar-refractivity contribution < 1.29 is 24.2 Å². The second kappa shape index (κ2) is 64.6. The highest BCUT2D eigenvalue weighted by Gasteiger charge is 2.16. The van der Waals surface area contributed by atoms with Crippen LogP contribution >= 0.6 is 0 Å². The van der Waals surface area contributed by atoms with E-state index < -0.39 is 6.10 Å². The minimum Gasteiger partial charge on any atom is -0.462 e. The summed E-state index contributed by atoms with van der Waals surface area (Å²) < 4.78 is 10.8. The maximum Gasteiger partial charge on any atom is 0.306 e.